The molecule has 0 unspecified atom stereocenters. The third-order valence-electron chi connectivity index (χ3n) is 5.37. The zero-order valence-corrected chi connectivity index (χ0v) is 22.2. The van der Waals surface area contributed by atoms with Crippen molar-refractivity contribution in [2.45, 2.75) is 63.5 Å². The molecule has 27 heavy (non-hydrogen) atoms. The number of hydrogen-bond donors (Lipinski definition) is 0. The van der Waals surface area contributed by atoms with Crippen molar-refractivity contribution in [1.82, 2.24) is 0 Å². The number of unbranched alkanes of at least 4 members (excludes halogenated alkanes) is 2. The van der Waals surface area contributed by atoms with Crippen molar-refractivity contribution in [3.8, 4) is 11.1 Å². The van der Waals surface area contributed by atoms with E-state index in [-0.39, 0.29) is 0 Å². The van der Waals surface area contributed by atoms with E-state index < -0.39 is 8.32 Å². The summed E-state index contributed by atoms with van der Waals surface area (Å²) in [5, 5.41) is 1.63. The van der Waals surface area contributed by atoms with Crippen molar-refractivity contribution < 1.29 is 4.43 Å². The minimum atomic E-state index is -1.57. The monoisotopic (exact) mass is 560 g/mol. The zero-order valence-electron chi connectivity index (χ0n) is 17.3. The van der Waals surface area contributed by atoms with Gasteiger partial charge in [0.15, 0.2) is 0 Å². The first-order chi connectivity index (χ1) is 12.7. The fraction of sp³-hybridized carbons (Fsp3) is 0.478. The molecule has 148 valence electrons. The fourth-order valence-electron chi connectivity index (χ4n) is 2.60. The van der Waals surface area contributed by atoms with Gasteiger partial charge in [0.1, 0.15) is 0 Å². The van der Waals surface area contributed by atoms with Crippen LogP contribution in [0.4, 0.5) is 0 Å². The molecule has 0 aliphatic heterocycles. The SMILES string of the molecule is CC(C)(C)[Si](C)(C)OCCCCC[Se]c1ccccc1-c1ccccc1I. The van der Waals surface area contributed by atoms with Crippen molar-refractivity contribution in [2.75, 3.05) is 6.61 Å². The zero-order chi connectivity index (χ0) is 19.9. The van der Waals surface area contributed by atoms with E-state index in [0.717, 1.165) is 6.61 Å². The third kappa shape index (κ3) is 7.00. The van der Waals surface area contributed by atoms with Gasteiger partial charge in [-0.2, -0.15) is 0 Å². The van der Waals surface area contributed by atoms with Gasteiger partial charge in [0, 0.05) is 0 Å². The van der Waals surface area contributed by atoms with Crippen molar-refractivity contribution >= 4 is 50.3 Å². The minimum absolute atomic E-state index is 0.314. The molecule has 0 saturated heterocycles. The molecule has 0 aliphatic rings. The summed E-state index contributed by atoms with van der Waals surface area (Å²) in [5.74, 6) is 0. The number of hydrogen-bond acceptors (Lipinski definition) is 1. The second kappa shape index (κ2) is 10.6. The fourth-order valence-corrected chi connectivity index (χ4v) is 6.63. The van der Waals surface area contributed by atoms with Crippen LogP contribution in [0.15, 0.2) is 48.5 Å². The van der Waals surface area contributed by atoms with E-state index in [4.69, 9.17) is 4.43 Å². The van der Waals surface area contributed by atoms with Crippen LogP contribution in [0, 0.1) is 3.57 Å². The van der Waals surface area contributed by atoms with Crippen molar-refractivity contribution in [2.24, 2.45) is 0 Å². The molecule has 0 N–H and O–H groups in total. The molecule has 0 bridgehead atoms. The van der Waals surface area contributed by atoms with Gasteiger partial charge in [-0.3, -0.25) is 0 Å². The molecule has 0 saturated carbocycles. The van der Waals surface area contributed by atoms with Crippen LogP contribution in [-0.4, -0.2) is 29.9 Å². The quantitative estimate of drug-likeness (QED) is 0.185. The van der Waals surface area contributed by atoms with Gasteiger partial charge in [-0.15, -0.1) is 0 Å². The number of halogens is 1. The molecular weight excluding hydrogens is 526 g/mol. The Kier molecular flexibility index (Phi) is 9.08. The van der Waals surface area contributed by atoms with Gasteiger partial charge in [-0.05, 0) is 0 Å². The molecule has 4 heteroatoms. The second-order valence-corrected chi connectivity index (χ2v) is 16.9. The predicted molar refractivity (Wildman–Crippen MR) is 132 cm³/mol. The molecule has 0 heterocycles. The molecular formula is C23H33IOSeSi. The maximum absolute atomic E-state index is 6.29. The van der Waals surface area contributed by atoms with Crippen molar-refractivity contribution in [3.05, 3.63) is 52.1 Å². The number of rotatable bonds is 9. The molecule has 2 aromatic rings. The molecule has 0 spiro atoms. The van der Waals surface area contributed by atoms with Gasteiger partial charge in [0.2, 0.25) is 0 Å². The topological polar surface area (TPSA) is 9.23 Å². The third-order valence-corrected chi connectivity index (χ3v) is 13.3. The van der Waals surface area contributed by atoms with Crippen LogP contribution in [-0.2, 0) is 4.43 Å². The second-order valence-electron chi connectivity index (χ2n) is 8.49. The molecule has 0 aliphatic carbocycles. The summed E-state index contributed by atoms with van der Waals surface area (Å²) in [6, 6.07) is 17.6. The average Bonchev–Trinajstić information content (AvgIpc) is 2.61. The summed E-state index contributed by atoms with van der Waals surface area (Å²) in [5.41, 5.74) is 2.79. The van der Waals surface area contributed by atoms with Crippen LogP contribution in [0.5, 0.6) is 0 Å². The van der Waals surface area contributed by atoms with Crippen LogP contribution >= 0.6 is 22.6 Å². The first kappa shape index (κ1) is 23.1. The average molecular weight is 559 g/mol. The Morgan fingerprint density at radius 3 is 2.19 bits per heavy atom. The van der Waals surface area contributed by atoms with Gasteiger partial charge in [-0.25, -0.2) is 0 Å². The van der Waals surface area contributed by atoms with E-state index in [0.29, 0.717) is 20.0 Å². The molecule has 0 fully saturated rings. The normalized spacial score (nSPS) is 12.4. The van der Waals surface area contributed by atoms with Crippen LogP contribution < -0.4 is 4.46 Å². The summed E-state index contributed by atoms with van der Waals surface area (Å²) >= 11 is 2.99. The van der Waals surface area contributed by atoms with E-state index in [1.54, 1.807) is 0 Å². The van der Waals surface area contributed by atoms with Crippen molar-refractivity contribution in [3.63, 3.8) is 0 Å². The summed E-state index contributed by atoms with van der Waals surface area (Å²) in [7, 11) is -1.57. The first-order valence-corrected chi connectivity index (χ1v) is 15.9. The summed E-state index contributed by atoms with van der Waals surface area (Å²) in [6.07, 6.45) is 3.78. The molecule has 0 amide bonds. The summed E-state index contributed by atoms with van der Waals surface area (Å²) < 4.78 is 9.16. The Bertz CT molecular complexity index is 724. The van der Waals surface area contributed by atoms with Gasteiger partial charge in [0.25, 0.3) is 0 Å². The molecule has 2 aromatic carbocycles. The summed E-state index contributed by atoms with van der Waals surface area (Å²) in [4.78, 5) is 0. The van der Waals surface area contributed by atoms with Gasteiger partial charge < -0.3 is 0 Å². The van der Waals surface area contributed by atoms with Gasteiger partial charge >= 0.3 is 188 Å². The predicted octanol–water partition coefficient (Wildman–Crippen LogP) is 6.90. The van der Waals surface area contributed by atoms with Gasteiger partial charge in [-0.1, -0.05) is 0 Å². The maximum atomic E-state index is 6.29. The molecule has 0 atom stereocenters. The van der Waals surface area contributed by atoms with Gasteiger partial charge in [0.05, 0.1) is 0 Å². The van der Waals surface area contributed by atoms with Crippen LogP contribution in [0.1, 0.15) is 40.0 Å². The summed E-state index contributed by atoms with van der Waals surface area (Å²) in [6.45, 7) is 12.6. The Morgan fingerprint density at radius 2 is 1.52 bits per heavy atom. The molecule has 0 radical (unpaired) electrons. The van der Waals surface area contributed by atoms with E-state index in [1.807, 2.05) is 0 Å². The van der Waals surface area contributed by atoms with Crippen LogP contribution in [0.2, 0.25) is 23.5 Å². The first-order valence-electron chi connectivity index (χ1n) is 9.83. The van der Waals surface area contributed by atoms with E-state index in [9.17, 15) is 0 Å². The van der Waals surface area contributed by atoms with E-state index in [1.165, 1.54) is 43.7 Å². The Morgan fingerprint density at radius 1 is 0.889 bits per heavy atom. The Balaban J connectivity index is 1.78. The number of benzene rings is 2. The Hall–Kier alpha value is -0.134. The standard InChI is InChI=1S/C23H33IOSeSi/c1-23(2,3)27(4,5)25-17-11-6-12-18-26-22-16-10-8-14-20(22)19-13-7-9-15-21(19)24/h7-10,13-16H,6,11-12,17-18H2,1-5H3. The molecule has 1 nitrogen and oxygen atoms in total. The molecule has 2 rings (SSSR count). The van der Waals surface area contributed by atoms with Crippen molar-refractivity contribution in [1.29, 1.82) is 0 Å². The van der Waals surface area contributed by atoms with E-state index >= 15 is 0 Å². The Labute approximate surface area is 187 Å². The molecule has 0 aromatic heterocycles. The van der Waals surface area contributed by atoms with Crippen LogP contribution in [0.3, 0.4) is 0 Å². The van der Waals surface area contributed by atoms with E-state index in [2.05, 4.69) is 105 Å². The van der Waals surface area contributed by atoms with Crippen LogP contribution in [0.25, 0.3) is 11.1 Å².